The van der Waals surface area contributed by atoms with Crippen molar-refractivity contribution >= 4 is 65.2 Å². The van der Waals surface area contributed by atoms with Gasteiger partial charge in [0.05, 0.1) is 11.0 Å². The van der Waals surface area contributed by atoms with Crippen LogP contribution in [0, 0.1) is 0 Å². The molecular weight excluding hydrogens is 412 g/mol. The summed E-state index contributed by atoms with van der Waals surface area (Å²) >= 11 is 0. The molecule has 8 rings (SSSR count). The van der Waals surface area contributed by atoms with Gasteiger partial charge in [0, 0.05) is 38.3 Å². The molecule has 0 aliphatic carbocycles. The summed E-state index contributed by atoms with van der Waals surface area (Å²) in [6.45, 7) is 0. The summed E-state index contributed by atoms with van der Waals surface area (Å²) in [6.07, 6.45) is 0. The van der Waals surface area contributed by atoms with Crippen LogP contribution in [-0.2, 0) is 0 Å². The topological polar surface area (TPSA) is 20.7 Å². The number of nitrogens with zero attached hydrogens (tertiary/aromatic N) is 1. The van der Waals surface area contributed by atoms with Gasteiger partial charge in [0.15, 0.2) is 0 Å². The van der Waals surface area contributed by atoms with Gasteiger partial charge in [-0.05, 0) is 64.0 Å². The van der Waals surface area contributed by atoms with E-state index >= 15 is 0 Å². The number of benzene rings is 6. The maximum absolute atomic E-state index is 3.71. The van der Waals surface area contributed by atoms with Gasteiger partial charge >= 0.3 is 0 Å². The van der Waals surface area contributed by atoms with Crippen LogP contribution in [0.4, 0.5) is 0 Å². The number of aromatic amines is 1. The lowest BCUT2D eigenvalue weighted by atomic mass is 10.0. The minimum atomic E-state index is 1.17. The van der Waals surface area contributed by atoms with Crippen LogP contribution in [0.25, 0.3) is 70.8 Å². The van der Waals surface area contributed by atoms with Crippen LogP contribution in [0.15, 0.2) is 115 Å². The first kappa shape index (κ1) is 17.9. The Morgan fingerprint density at radius 3 is 1.97 bits per heavy atom. The van der Waals surface area contributed by atoms with Crippen LogP contribution in [0.1, 0.15) is 0 Å². The highest BCUT2D eigenvalue weighted by Gasteiger charge is 2.17. The number of hydrogen-bond donors (Lipinski definition) is 1. The summed E-state index contributed by atoms with van der Waals surface area (Å²) in [5.74, 6) is 0. The summed E-state index contributed by atoms with van der Waals surface area (Å²) in [5.41, 5.74) is 5.99. The van der Waals surface area contributed by atoms with E-state index in [1.165, 1.54) is 70.8 Å². The van der Waals surface area contributed by atoms with Crippen LogP contribution in [0.2, 0.25) is 0 Å². The van der Waals surface area contributed by atoms with Crippen LogP contribution >= 0.6 is 0 Å². The number of hydrogen-bond acceptors (Lipinski definition) is 0. The van der Waals surface area contributed by atoms with Crippen molar-refractivity contribution in [2.75, 3.05) is 0 Å². The van der Waals surface area contributed by atoms with Crippen molar-refractivity contribution in [3.05, 3.63) is 115 Å². The number of nitrogens with one attached hydrogen (secondary N) is 1. The molecule has 0 radical (unpaired) electrons. The molecule has 2 nitrogen and oxygen atoms in total. The Morgan fingerprint density at radius 2 is 1.12 bits per heavy atom. The van der Waals surface area contributed by atoms with E-state index in [9.17, 15) is 0 Å². The molecule has 0 aliphatic heterocycles. The first-order valence-corrected chi connectivity index (χ1v) is 11.7. The van der Waals surface area contributed by atoms with Crippen molar-refractivity contribution in [3.63, 3.8) is 0 Å². The largest absolute Gasteiger partial charge is 0.354 e. The van der Waals surface area contributed by atoms with Gasteiger partial charge < -0.3 is 9.55 Å². The normalized spacial score (nSPS) is 12.1. The van der Waals surface area contributed by atoms with E-state index < -0.39 is 0 Å². The Hall–Kier alpha value is -4.56. The molecule has 0 amide bonds. The molecule has 0 atom stereocenters. The van der Waals surface area contributed by atoms with Gasteiger partial charge in [-0.15, -0.1) is 0 Å². The van der Waals surface area contributed by atoms with Gasteiger partial charge in [-0.2, -0.15) is 0 Å². The van der Waals surface area contributed by atoms with Crippen LogP contribution in [0.3, 0.4) is 0 Å². The average Bonchev–Trinajstić information content (AvgIpc) is 3.40. The van der Waals surface area contributed by atoms with Crippen LogP contribution < -0.4 is 0 Å². The minimum Gasteiger partial charge on any atom is -0.354 e. The average molecular weight is 433 g/mol. The lowest BCUT2D eigenvalue weighted by molar-refractivity contribution is 1.18. The van der Waals surface area contributed by atoms with Crippen molar-refractivity contribution < 1.29 is 0 Å². The van der Waals surface area contributed by atoms with Gasteiger partial charge in [-0.25, -0.2) is 0 Å². The van der Waals surface area contributed by atoms with Crippen molar-refractivity contribution in [1.82, 2.24) is 9.55 Å². The van der Waals surface area contributed by atoms with Crippen molar-refractivity contribution in [3.8, 4) is 5.69 Å². The molecule has 0 fully saturated rings. The number of H-pyrrole nitrogens is 1. The lowest BCUT2D eigenvalue weighted by Crippen LogP contribution is -1.93. The molecule has 2 heterocycles. The predicted octanol–water partition coefficient (Wildman–Crippen LogP) is 8.72. The number of aromatic nitrogens is 2. The first-order chi connectivity index (χ1) is 16.8. The van der Waals surface area contributed by atoms with Gasteiger partial charge in [0.2, 0.25) is 0 Å². The number of rotatable bonds is 1. The van der Waals surface area contributed by atoms with E-state index in [0.29, 0.717) is 0 Å². The van der Waals surface area contributed by atoms with E-state index in [1.54, 1.807) is 0 Å². The second kappa shape index (κ2) is 6.49. The summed E-state index contributed by atoms with van der Waals surface area (Å²) in [4.78, 5) is 3.71. The lowest BCUT2D eigenvalue weighted by Gasteiger charge is -2.08. The van der Waals surface area contributed by atoms with Gasteiger partial charge in [0.1, 0.15) is 0 Å². The Bertz CT molecular complexity index is 2060. The molecule has 158 valence electrons. The van der Waals surface area contributed by atoms with Crippen molar-refractivity contribution in [1.29, 1.82) is 0 Å². The minimum absolute atomic E-state index is 1.17. The summed E-state index contributed by atoms with van der Waals surface area (Å²) < 4.78 is 2.40. The molecule has 34 heavy (non-hydrogen) atoms. The van der Waals surface area contributed by atoms with E-state index in [2.05, 4.69) is 125 Å². The van der Waals surface area contributed by atoms with Crippen LogP contribution in [0.5, 0.6) is 0 Å². The molecule has 2 aromatic heterocycles. The summed E-state index contributed by atoms with van der Waals surface area (Å²) in [7, 11) is 0. The highest BCUT2D eigenvalue weighted by molar-refractivity contribution is 6.25. The summed E-state index contributed by atoms with van der Waals surface area (Å²) in [6, 6.07) is 41.8. The molecule has 0 saturated carbocycles. The Balaban J connectivity index is 1.60. The molecule has 1 N–H and O–H groups in total. The van der Waals surface area contributed by atoms with Gasteiger partial charge in [0.25, 0.3) is 0 Å². The fourth-order valence-electron chi connectivity index (χ4n) is 5.73. The van der Waals surface area contributed by atoms with E-state index in [4.69, 9.17) is 0 Å². The third kappa shape index (κ3) is 2.35. The zero-order valence-corrected chi connectivity index (χ0v) is 18.4. The molecule has 6 aromatic carbocycles. The fourth-order valence-corrected chi connectivity index (χ4v) is 5.73. The zero-order chi connectivity index (χ0) is 22.2. The van der Waals surface area contributed by atoms with Crippen molar-refractivity contribution in [2.45, 2.75) is 0 Å². The number of fused-ring (bicyclic) bond motifs is 9. The van der Waals surface area contributed by atoms with Gasteiger partial charge in [-0.1, -0.05) is 72.8 Å². The molecule has 0 bridgehead atoms. The highest BCUT2D eigenvalue weighted by Crippen LogP contribution is 2.40. The molecule has 0 spiro atoms. The SMILES string of the molecule is c1ccc(-n2c3cc4[nH]c5cc6ccccc6cc5c4cc3c3c4ccccc4ccc32)cc1. The molecular formula is C32H20N2. The predicted molar refractivity (Wildman–Crippen MR) is 145 cm³/mol. The van der Waals surface area contributed by atoms with Crippen molar-refractivity contribution in [2.24, 2.45) is 0 Å². The fraction of sp³-hybridized carbons (Fsp3) is 0. The zero-order valence-electron chi connectivity index (χ0n) is 18.4. The molecule has 0 saturated heterocycles. The third-order valence-corrected chi connectivity index (χ3v) is 7.25. The summed E-state index contributed by atoms with van der Waals surface area (Å²) in [5, 5.41) is 10.2. The van der Waals surface area contributed by atoms with E-state index in [-0.39, 0.29) is 0 Å². The Labute approximate surface area is 195 Å². The third-order valence-electron chi connectivity index (χ3n) is 7.25. The van der Waals surface area contributed by atoms with E-state index in [1.807, 2.05) is 0 Å². The maximum atomic E-state index is 3.71. The Kier molecular flexibility index (Phi) is 3.42. The molecule has 0 aliphatic rings. The second-order valence-electron chi connectivity index (χ2n) is 9.14. The smallest absolute Gasteiger partial charge is 0.0562 e. The van der Waals surface area contributed by atoms with E-state index in [0.717, 1.165) is 0 Å². The quantitative estimate of drug-likeness (QED) is 0.268. The van der Waals surface area contributed by atoms with Gasteiger partial charge in [-0.3, -0.25) is 0 Å². The molecule has 2 heteroatoms. The molecule has 0 unspecified atom stereocenters. The Morgan fingerprint density at radius 1 is 0.441 bits per heavy atom. The monoisotopic (exact) mass is 432 g/mol. The maximum Gasteiger partial charge on any atom is 0.0562 e. The highest BCUT2D eigenvalue weighted by atomic mass is 15.0. The molecule has 8 aromatic rings. The van der Waals surface area contributed by atoms with Crippen LogP contribution in [-0.4, -0.2) is 9.55 Å². The second-order valence-corrected chi connectivity index (χ2v) is 9.14. The standard InChI is InChI=1S/C32H20N2/c1-2-11-23(12-3-1)34-30-15-14-20-8-6-7-13-24(20)32(30)27-18-26-25-16-21-9-4-5-10-22(21)17-28(25)33-29(26)19-31(27)34/h1-19,33H. The first-order valence-electron chi connectivity index (χ1n) is 11.7. The number of para-hydroxylation sites is 1.